The van der Waals surface area contributed by atoms with Crippen LogP contribution in [0.25, 0.3) is 11.1 Å². The summed E-state index contributed by atoms with van der Waals surface area (Å²) in [6.07, 6.45) is 8.80. The maximum Gasteiger partial charge on any atom is 0.239 e. The molecule has 2 atom stereocenters. The van der Waals surface area contributed by atoms with Crippen molar-refractivity contribution in [3.05, 3.63) is 72.3 Å². The number of furan rings is 1. The van der Waals surface area contributed by atoms with Crippen LogP contribution in [0.3, 0.4) is 0 Å². The van der Waals surface area contributed by atoms with E-state index in [1.807, 2.05) is 23.2 Å². The number of rotatable bonds is 5. The second-order valence-electron chi connectivity index (χ2n) is 9.54. The minimum absolute atomic E-state index is 0. The van der Waals surface area contributed by atoms with Crippen molar-refractivity contribution in [2.24, 2.45) is 0 Å². The predicted octanol–water partition coefficient (Wildman–Crippen LogP) is 4.86. The Morgan fingerprint density at radius 2 is 1.74 bits per heavy atom. The Bertz CT molecular complexity index is 1130. The molecule has 1 N–H and O–H groups in total. The Hall–Kier alpha value is -2.54. The number of halogens is 2. The number of pyridine rings is 1. The molecule has 6 rings (SSSR count). The molecule has 0 unspecified atom stereocenters. The summed E-state index contributed by atoms with van der Waals surface area (Å²) in [5, 5.41) is 3.51. The number of aromatic nitrogens is 1. The van der Waals surface area contributed by atoms with E-state index in [1.165, 1.54) is 24.0 Å². The Morgan fingerprint density at radius 3 is 2.46 bits per heavy atom. The van der Waals surface area contributed by atoms with E-state index in [0.717, 1.165) is 62.0 Å². The van der Waals surface area contributed by atoms with Crippen molar-refractivity contribution in [2.75, 3.05) is 37.6 Å². The predicted molar refractivity (Wildman–Crippen MR) is 143 cm³/mol. The molecule has 8 heteroatoms. The summed E-state index contributed by atoms with van der Waals surface area (Å²) in [5.74, 6) is 2.39. The Morgan fingerprint density at radius 1 is 0.971 bits per heavy atom. The summed E-state index contributed by atoms with van der Waals surface area (Å²) in [5.41, 5.74) is 4.96. The number of anilines is 1. The largest absolute Gasteiger partial charge is 0.472 e. The van der Waals surface area contributed by atoms with Crippen LogP contribution in [0.15, 0.2) is 65.6 Å². The molecule has 2 saturated heterocycles. The summed E-state index contributed by atoms with van der Waals surface area (Å²) < 4.78 is 5.27. The molecule has 2 aromatic heterocycles. The molecule has 4 heterocycles. The van der Waals surface area contributed by atoms with Crippen LogP contribution < -0.4 is 10.2 Å². The molecular weight excluding hydrogens is 483 g/mol. The fourth-order valence-electron chi connectivity index (χ4n) is 5.31. The van der Waals surface area contributed by atoms with Gasteiger partial charge < -0.3 is 19.5 Å². The number of hydrogen-bond donors (Lipinski definition) is 1. The summed E-state index contributed by atoms with van der Waals surface area (Å²) in [4.78, 5) is 22.2. The van der Waals surface area contributed by atoms with Gasteiger partial charge >= 0.3 is 0 Å². The number of benzene rings is 1. The van der Waals surface area contributed by atoms with Gasteiger partial charge in [0.15, 0.2) is 0 Å². The fraction of sp³-hybridized carbons (Fsp3) is 0.407. The molecule has 2 aliphatic heterocycles. The monoisotopic (exact) mass is 514 g/mol. The third kappa shape index (κ3) is 5.35. The van der Waals surface area contributed by atoms with E-state index in [0.29, 0.717) is 5.92 Å². The van der Waals surface area contributed by atoms with Crippen LogP contribution in [0.1, 0.15) is 42.2 Å². The lowest BCUT2D eigenvalue weighted by Crippen LogP contribution is -2.53. The van der Waals surface area contributed by atoms with Crippen LogP contribution in [0.2, 0.25) is 0 Å². The van der Waals surface area contributed by atoms with Gasteiger partial charge in [0.1, 0.15) is 5.82 Å². The van der Waals surface area contributed by atoms with Gasteiger partial charge in [0.05, 0.1) is 18.6 Å². The van der Waals surface area contributed by atoms with Gasteiger partial charge in [-0.25, -0.2) is 4.98 Å². The molecule has 0 spiro atoms. The quantitative estimate of drug-likeness (QED) is 0.526. The second-order valence-corrected chi connectivity index (χ2v) is 9.54. The SMILES string of the molecule is Cl.Cl.O=C([C@H]1C[C@@H](c2cccc(C3CC3)c2)CN1)N1CCN(c2ncccc2-c2ccoc2)CC1. The van der Waals surface area contributed by atoms with Crippen molar-refractivity contribution in [1.29, 1.82) is 0 Å². The summed E-state index contributed by atoms with van der Waals surface area (Å²) >= 11 is 0. The highest BCUT2D eigenvalue weighted by Crippen LogP contribution is 2.41. The highest BCUT2D eigenvalue weighted by molar-refractivity contribution is 5.85. The van der Waals surface area contributed by atoms with E-state index < -0.39 is 0 Å². The molecule has 3 aliphatic rings. The lowest BCUT2D eigenvalue weighted by molar-refractivity contribution is -0.133. The number of carbonyl (C=O) groups excluding carboxylic acids is 1. The maximum absolute atomic E-state index is 13.3. The molecule has 6 nitrogen and oxygen atoms in total. The van der Waals surface area contributed by atoms with Crippen molar-refractivity contribution in [1.82, 2.24) is 15.2 Å². The summed E-state index contributed by atoms with van der Waals surface area (Å²) in [6, 6.07) is 15.0. The standard InChI is InChI=1S/C27H30N4O2.2ClH/c32-27(25-16-23(17-29-25)21-4-1-3-20(15-21)19-6-7-19)31-12-10-30(11-13-31)26-24(5-2-9-28-26)22-8-14-33-18-22;;/h1-5,8-9,14-15,18-19,23,25,29H,6-7,10-13,16-17H2;2*1H/t23-,25-;;/m1../s1. The van der Waals surface area contributed by atoms with Gasteiger partial charge in [0, 0.05) is 50.0 Å². The van der Waals surface area contributed by atoms with E-state index in [4.69, 9.17) is 4.42 Å². The second kappa shape index (κ2) is 11.0. The highest BCUT2D eigenvalue weighted by Gasteiger charge is 2.35. The first kappa shape index (κ1) is 25.5. The first-order valence-corrected chi connectivity index (χ1v) is 12.1. The lowest BCUT2D eigenvalue weighted by Gasteiger charge is -2.37. The number of carbonyl (C=O) groups is 1. The average molecular weight is 515 g/mol. The van der Waals surface area contributed by atoms with Crippen LogP contribution in [0.5, 0.6) is 0 Å². The normalized spacial score (nSPS) is 21.8. The average Bonchev–Trinajstić information content (AvgIpc) is 3.36. The summed E-state index contributed by atoms with van der Waals surface area (Å²) in [7, 11) is 0. The van der Waals surface area contributed by atoms with Gasteiger partial charge in [-0.3, -0.25) is 4.79 Å². The molecule has 1 saturated carbocycles. The molecule has 3 fully saturated rings. The Balaban J connectivity index is 0.00000144. The van der Waals surface area contributed by atoms with Crippen LogP contribution >= 0.6 is 24.8 Å². The van der Waals surface area contributed by atoms with Gasteiger partial charge in [-0.05, 0) is 60.4 Å². The van der Waals surface area contributed by atoms with Crippen LogP contribution in [-0.2, 0) is 4.79 Å². The smallest absolute Gasteiger partial charge is 0.239 e. The van der Waals surface area contributed by atoms with Crippen LogP contribution in [-0.4, -0.2) is 54.6 Å². The van der Waals surface area contributed by atoms with Crippen molar-refractivity contribution in [3.63, 3.8) is 0 Å². The fourth-order valence-corrected chi connectivity index (χ4v) is 5.31. The van der Waals surface area contributed by atoms with Crippen molar-refractivity contribution < 1.29 is 9.21 Å². The van der Waals surface area contributed by atoms with Crippen molar-refractivity contribution >= 4 is 36.5 Å². The lowest BCUT2D eigenvalue weighted by atomic mass is 9.93. The van der Waals surface area contributed by atoms with Crippen LogP contribution in [0, 0.1) is 0 Å². The zero-order valence-corrected chi connectivity index (χ0v) is 21.3. The topological polar surface area (TPSA) is 61.6 Å². The van der Waals surface area contributed by atoms with Crippen molar-refractivity contribution in [3.8, 4) is 11.1 Å². The Kier molecular flexibility index (Phi) is 8.05. The third-order valence-corrected chi connectivity index (χ3v) is 7.37. The molecule has 1 aliphatic carbocycles. The van der Waals surface area contributed by atoms with Gasteiger partial charge in [-0.1, -0.05) is 24.3 Å². The first-order chi connectivity index (χ1) is 16.3. The number of hydrogen-bond acceptors (Lipinski definition) is 5. The minimum atomic E-state index is -0.0810. The number of amides is 1. The van der Waals surface area contributed by atoms with E-state index in [-0.39, 0.29) is 36.8 Å². The highest BCUT2D eigenvalue weighted by atomic mass is 35.5. The van der Waals surface area contributed by atoms with Gasteiger partial charge in [0.25, 0.3) is 0 Å². The van der Waals surface area contributed by atoms with Gasteiger partial charge in [-0.2, -0.15) is 0 Å². The summed E-state index contributed by atoms with van der Waals surface area (Å²) in [6.45, 7) is 3.90. The number of piperazine rings is 1. The molecule has 1 amide bonds. The molecule has 35 heavy (non-hydrogen) atoms. The molecule has 3 aromatic rings. The zero-order valence-electron chi connectivity index (χ0n) is 19.6. The zero-order chi connectivity index (χ0) is 22.2. The van der Waals surface area contributed by atoms with E-state index in [9.17, 15) is 4.79 Å². The van der Waals surface area contributed by atoms with Crippen LogP contribution in [0.4, 0.5) is 5.82 Å². The molecular formula is C27H32Cl2N4O2. The van der Waals surface area contributed by atoms with Gasteiger partial charge in [-0.15, -0.1) is 24.8 Å². The number of nitrogens with zero attached hydrogens (tertiary/aromatic N) is 3. The molecule has 0 radical (unpaired) electrons. The van der Waals surface area contributed by atoms with E-state index in [1.54, 1.807) is 12.5 Å². The number of nitrogens with one attached hydrogen (secondary N) is 1. The van der Waals surface area contributed by atoms with Gasteiger partial charge in [0.2, 0.25) is 5.91 Å². The maximum atomic E-state index is 13.3. The third-order valence-electron chi connectivity index (χ3n) is 7.37. The Labute approximate surface area is 218 Å². The minimum Gasteiger partial charge on any atom is -0.472 e. The van der Waals surface area contributed by atoms with E-state index in [2.05, 4.69) is 45.5 Å². The van der Waals surface area contributed by atoms with Crippen molar-refractivity contribution in [2.45, 2.75) is 37.1 Å². The molecule has 0 bridgehead atoms. The molecule has 1 aromatic carbocycles. The first-order valence-electron chi connectivity index (χ1n) is 12.1. The van der Waals surface area contributed by atoms with E-state index >= 15 is 0 Å². The molecule has 186 valence electrons.